The Morgan fingerprint density at radius 1 is 0.562 bits per heavy atom. The average Bonchev–Trinajstić information content (AvgIpc) is 2.21. The van der Waals surface area contributed by atoms with Crippen LogP contribution in [0.25, 0.3) is 11.4 Å². The quantitative estimate of drug-likeness (QED) is 0.807. The van der Waals surface area contributed by atoms with Gasteiger partial charge in [-0.25, -0.2) is 0 Å². The summed E-state index contributed by atoms with van der Waals surface area (Å²) in [5.74, 6) is 0. The second-order valence-corrected chi connectivity index (χ2v) is 2.43. The molecule has 0 radical (unpaired) electrons. The lowest BCUT2D eigenvalue weighted by Gasteiger charge is -1.96. The molecule has 0 fully saturated rings. The van der Waals surface area contributed by atoms with Gasteiger partial charge in [0.25, 0.3) is 0 Å². The summed E-state index contributed by atoms with van der Waals surface area (Å²) in [5.41, 5.74) is 1.83. The van der Waals surface area contributed by atoms with Crippen LogP contribution in [0.15, 0.2) is 48.8 Å². The first-order valence-electron chi connectivity index (χ1n) is 3.79. The number of rotatable bonds is 1. The fourth-order valence-corrected chi connectivity index (χ4v) is 1.03. The summed E-state index contributed by atoms with van der Waals surface area (Å²) in [6.07, 6.45) is 3.54. The summed E-state index contributed by atoms with van der Waals surface area (Å²) in [6.45, 7) is 0. The third-order valence-corrected chi connectivity index (χ3v) is 1.59. The highest BCUT2D eigenvalue weighted by molar-refractivity contribution is 7.59. The van der Waals surface area contributed by atoms with Crippen LogP contribution in [0.4, 0.5) is 0 Å². The van der Waals surface area contributed by atoms with Gasteiger partial charge in [-0.3, -0.25) is 9.97 Å². The summed E-state index contributed by atoms with van der Waals surface area (Å²) in [4.78, 5) is 8.37. The van der Waals surface area contributed by atoms with E-state index in [0.29, 0.717) is 0 Å². The molecule has 6 heteroatoms. The van der Waals surface area contributed by atoms with Gasteiger partial charge in [-0.2, -0.15) is 54.0 Å². The normalized spacial score (nSPS) is 7.25. The van der Waals surface area contributed by atoms with Gasteiger partial charge in [-0.1, -0.05) is 12.1 Å². The predicted octanol–water partition coefficient (Wildman–Crippen LogP) is 2.59. The minimum absolute atomic E-state index is 0. The lowest BCUT2D eigenvalue weighted by molar-refractivity contribution is 1.25. The lowest BCUT2D eigenvalue weighted by Crippen LogP contribution is -1.83. The molecule has 2 heterocycles. The fraction of sp³-hybridized carbons (Fsp3) is 0. The Morgan fingerprint density at radius 3 is 1.19 bits per heavy atom. The van der Waals surface area contributed by atoms with Crippen molar-refractivity contribution in [2.75, 3.05) is 0 Å². The highest BCUT2D eigenvalue weighted by atomic mass is 32.1. The van der Waals surface area contributed by atoms with Gasteiger partial charge in [0.1, 0.15) is 0 Å². The SMILES string of the molecule is S.S.S.S.c1ccc(-c2ccccn2)nc1. The second kappa shape index (κ2) is 11.2. The highest BCUT2D eigenvalue weighted by Crippen LogP contribution is 2.10. The van der Waals surface area contributed by atoms with Crippen LogP contribution in [0.2, 0.25) is 0 Å². The van der Waals surface area contributed by atoms with E-state index < -0.39 is 0 Å². The molecule has 0 saturated carbocycles. The van der Waals surface area contributed by atoms with E-state index in [2.05, 4.69) is 9.97 Å². The van der Waals surface area contributed by atoms with Gasteiger partial charge in [0, 0.05) is 12.4 Å². The van der Waals surface area contributed by atoms with E-state index in [1.807, 2.05) is 36.4 Å². The summed E-state index contributed by atoms with van der Waals surface area (Å²) < 4.78 is 0. The Hall–Kier alpha value is -0.300. The van der Waals surface area contributed by atoms with Crippen LogP contribution in [0.3, 0.4) is 0 Å². The molecule has 0 spiro atoms. The zero-order chi connectivity index (χ0) is 8.23. The van der Waals surface area contributed by atoms with Crippen molar-refractivity contribution >= 4 is 54.0 Å². The van der Waals surface area contributed by atoms with Crippen LogP contribution in [-0.2, 0) is 0 Å². The molecule has 2 aromatic rings. The molecule has 0 atom stereocenters. The van der Waals surface area contributed by atoms with Gasteiger partial charge < -0.3 is 0 Å². The standard InChI is InChI=1S/C10H8N2.4H2S/c1-3-7-11-9(5-1)10-6-2-4-8-12-10;;;;/h1-8H;4*1H2. The van der Waals surface area contributed by atoms with Crippen molar-refractivity contribution in [3.63, 3.8) is 0 Å². The molecule has 0 aliphatic heterocycles. The zero-order valence-corrected chi connectivity index (χ0v) is 12.5. The molecular weight excluding hydrogens is 276 g/mol. The van der Waals surface area contributed by atoms with Gasteiger partial charge >= 0.3 is 0 Å². The van der Waals surface area contributed by atoms with Crippen molar-refractivity contribution in [2.24, 2.45) is 0 Å². The fourth-order valence-electron chi connectivity index (χ4n) is 1.03. The van der Waals surface area contributed by atoms with Crippen LogP contribution in [-0.4, -0.2) is 9.97 Å². The van der Waals surface area contributed by atoms with Crippen LogP contribution < -0.4 is 0 Å². The molecule has 0 amide bonds. The van der Waals surface area contributed by atoms with Crippen molar-refractivity contribution in [1.82, 2.24) is 9.97 Å². The molecule has 2 nitrogen and oxygen atoms in total. The minimum Gasteiger partial charge on any atom is -0.255 e. The lowest BCUT2D eigenvalue weighted by atomic mass is 10.2. The van der Waals surface area contributed by atoms with Crippen molar-refractivity contribution < 1.29 is 0 Å². The van der Waals surface area contributed by atoms with Gasteiger partial charge in [0.05, 0.1) is 11.4 Å². The van der Waals surface area contributed by atoms with E-state index in [1.54, 1.807) is 12.4 Å². The van der Waals surface area contributed by atoms with E-state index in [0.717, 1.165) is 11.4 Å². The molecule has 90 valence electrons. The Morgan fingerprint density at radius 2 is 0.938 bits per heavy atom. The molecule has 0 N–H and O–H groups in total. The average molecular weight is 293 g/mol. The van der Waals surface area contributed by atoms with Crippen molar-refractivity contribution in [1.29, 1.82) is 0 Å². The van der Waals surface area contributed by atoms with Crippen LogP contribution >= 0.6 is 54.0 Å². The molecule has 2 aromatic heterocycles. The van der Waals surface area contributed by atoms with Crippen molar-refractivity contribution in [3.8, 4) is 11.4 Å². The first-order chi connectivity index (χ1) is 5.97. The molecule has 16 heavy (non-hydrogen) atoms. The summed E-state index contributed by atoms with van der Waals surface area (Å²) in [6, 6.07) is 11.6. The first kappa shape index (κ1) is 21.0. The molecule has 2 rings (SSSR count). The largest absolute Gasteiger partial charge is 0.255 e. The van der Waals surface area contributed by atoms with E-state index >= 15 is 0 Å². The van der Waals surface area contributed by atoms with Crippen LogP contribution in [0.1, 0.15) is 0 Å². The van der Waals surface area contributed by atoms with E-state index in [9.17, 15) is 0 Å². The number of hydrogen-bond acceptors (Lipinski definition) is 2. The van der Waals surface area contributed by atoms with Gasteiger partial charge in [-0.15, -0.1) is 0 Å². The molecule has 0 aromatic carbocycles. The van der Waals surface area contributed by atoms with Crippen molar-refractivity contribution in [3.05, 3.63) is 48.8 Å². The topological polar surface area (TPSA) is 25.8 Å². The molecular formula is C10H16N2S4. The highest BCUT2D eigenvalue weighted by Gasteiger charge is 1.95. The van der Waals surface area contributed by atoms with Gasteiger partial charge in [0.2, 0.25) is 0 Å². The molecule has 0 aliphatic carbocycles. The number of nitrogens with zero attached hydrogens (tertiary/aromatic N) is 2. The summed E-state index contributed by atoms with van der Waals surface area (Å²) in [5, 5.41) is 0. The smallest absolute Gasteiger partial charge is 0.0886 e. The van der Waals surface area contributed by atoms with E-state index in [4.69, 9.17) is 0 Å². The Kier molecular flexibility index (Phi) is 14.7. The Balaban J connectivity index is -0.000000422. The first-order valence-corrected chi connectivity index (χ1v) is 3.79. The maximum Gasteiger partial charge on any atom is 0.0886 e. The molecule has 0 aliphatic rings. The third-order valence-electron chi connectivity index (χ3n) is 1.59. The number of hydrogen-bond donors (Lipinski definition) is 0. The predicted molar refractivity (Wildman–Crippen MR) is 89.0 cm³/mol. The monoisotopic (exact) mass is 292 g/mol. The second-order valence-electron chi connectivity index (χ2n) is 2.43. The van der Waals surface area contributed by atoms with Crippen LogP contribution in [0, 0.1) is 0 Å². The molecule has 0 bridgehead atoms. The van der Waals surface area contributed by atoms with Crippen LogP contribution in [0.5, 0.6) is 0 Å². The maximum absolute atomic E-state index is 4.19. The van der Waals surface area contributed by atoms with Gasteiger partial charge in [0.15, 0.2) is 0 Å². The van der Waals surface area contributed by atoms with Crippen molar-refractivity contribution in [2.45, 2.75) is 0 Å². The Labute approximate surface area is 124 Å². The number of aromatic nitrogens is 2. The van der Waals surface area contributed by atoms with E-state index in [-0.39, 0.29) is 54.0 Å². The molecule has 0 unspecified atom stereocenters. The maximum atomic E-state index is 4.19. The minimum atomic E-state index is 0. The van der Waals surface area contributed by atoms with Gasteiger partial charge in [-0.05, 0) is 24.3 Å². The Bertz CT molecular complexity index is 318. The van der Waals surface area contributed by atoms with E-state index in [1.165, 1.54) is 0 Å². The molecule has 0 saturated heterocycles. The zero-order valence-electron chi connectivity index (χ0n) is 8.51. The number of pyridine rings is 2. The third kappa shape index (κ3) is 5.69. The summed E-state index contributed by atoms with van der Waals surface area (Å²) in [7, 11) is 0. The summed E-state index contributed by atoms with van der Waals surface area (Å²) >= 11 is 0.